The van der Waals surface area contributed by atoms with Gasteiger partial charge in [0.15, 0.2) is 0 Å². The number of para-hydroxylation sites is 1. The fourth-order valence-electron chi connectivity index (χ4n) is 4.88. The summed E-state index contributed by atoms with van der Waals surface area (Å²) in [4.78, 5) is 66.7. The molecule has 5 unspecified atom stereocenters. The first-order valence-electron chi connectivity index (χ1n) is 13.2. The van der Waals surface area contributed by atoms with E-state index in [0.29, 0.717) is 32.2 Å². The van der Waals surface area contributed by atoms with E-state index >= 15 is 0 Å². The number of likely N-dealkylation sites (tertiary alicyclic amines) is 1. The smallest absolute Gasteiger partial charge is 0.326 e. The third-order valence-corrected chi connectivity index (χ3v) is 7.33. The van der Waals surface area contributed by atoms with Gasteiger partial charge in [-0.15, -0.1) is 0 Å². The van der Waals surface area contributed by atoms with Crippen molar-refractivity contribution in [3.8, 4) is 0 Å². The number of aliphatic carboxylic acids is 2. The Kier molecular flexibility index (Phi) is 10.0. The summed E-state index contributed by atoms with van der Waals surface area (Å²) in [6, 6.07) is 3.54. The van der Waals surface area contributed by atoms with Crippen LogP contribution in [0.4, 0.5) is 0 Å². The average molecular weight is 544 g/mol. The van der Waals surface area contributed by atoms with Gasteiger partial charge in [0, 0.05) is 30.1 Å². The van der Waals surface area contributed by atoms with E-state index in [2.05, 4.69) is 15.6 Å². The van der Waals surface area contributed by atoms with Gasteiger partial charge in [0.2, 0.25) is 17.7 Å². The summed E-state index contributed by atoms with van der Waals surface area (Å²) >= 11 is 0. The van der Waals surface area contributed by atoms with Crippen molar-refractivity contribution in [2.45, 2.75) is 76.5 Å². The van der Waals surface area contributed by atoms with Gasteiger partial charge in [-0.1, -0.05) is 38.5 Å². The second-order valence-corrected chi connectivity index (χ2v) is 10.1. The molecule has 12 nitrogen and oxygen atoms in total. The van der Waals surface area contributed by atoms with Crippen molar-refractivity contribution in [3.63, 3.8) is 0 Å². The van der Waals surface area contributed by atoms with Crippen LogP contribution >= 0.6 is 0 Å². The van der Waals surface area contributed by atoms with E-state index in [1.165, 1.54) is 4.90 Å². The Balaban J connectivity index is 1.68. The van der Waals surface area contributed by atoms with Crippen molar-refractivity contribution in [1.29, 1.82) is 0 Å². The molecule has 1 aromatic heterocycles. The number of fused-ring (bicyclic) bond motifs is 1. The topological polar surface area (TPSA) is 195 Å². The van der Waals surface area contributed by atoms with E-state index < -0.39 is 54.3 Å². The molecule has 0 radical (unpaired) electrons. The summed E-state index contributed by atoms with van der Waals surface area (Å²) in [5.41, 5.74) is 8.13. The van der Waals surface area contributed by atoms with Crippen molar-refractivity contribution >= 4 is 40.6 Å². The maximum absolute atomic E-state index is 13.3. The van der Waals surface area contributed by atoms with E-state index in [1.807, 2.05) is 37.4 Å². The van der Waals surface area contributed by atoms with Gasteiger partial charge in [-0.05, 0) is 43.2 Å². The molecule has 3 rings (SSSR count). The normalized spacial score (nSPS) is 18.2. The maximum atomic E-state index is 13.3. The lowest BCUT2D eigenvalue weighted by molar-refractivity contribution is -0.144. The van der Waals surface area contributed by atoms with Crippen molar-refractivity contribution in [2.75, 3.05) is 6.54 Å². The first-order chi connectivity index (χ1) is 18.5. The molecule has 2 heterocycles. The standard InChI is InChI=1S/C27H37N5O7/c1-3-15(2)23(25(36)30-20(27(38)39)10-11-22(33)34)31-24(35)21-9-6-12-32(21)26(37)18(28)13-16-14-29-19-8-5-4-7-17(16)19/h4-5,7-8,14-15,18,20-21,23,29H,3,6,9-13,28H2,1-2H3,(H,30,36)(H,31,35)(H,33,34)(H,38,39). The minimum Gasteiger partial charge on any atom is -0.481 e. The summed E-state index contributed by atoms with van der Waals surface area (Å²) in [5, 5.41) is 24.3. The summed E-state index contributed by atoms with van der Waals surface area (Å²) in [7, 11) is 0. The van der Waals surface area contributed by atoms with Gasteiger partial charge < -0.3 is 36.5 Å². The van der Waals surface area contributed by atoms with Gasteiger partial charge in [0.25, 0.3) is 0 Å². The van der Waals surface area contributed by atoms with E-state index in [1.54, 1.807) is 6.92 Å². The van der Waals surface area contributed by atoms with E-state index in [-0.39, 0.29) is 18.2 Å². The van der Waals surface area contributed by atoms with Crippen molar-refractivity contribution in [2.24, 2.45) is 11.7 Å². The summed E-state index contributed by atoms with van der Waals surface area (Å²) in [6.07, 6.45) is 2.89. The van der Waals surface area contributed by atoms with Gasteiger partial charge in [-0.2, -0.15) is 0 Å². The second-order valence-electron chi connectivity index (χ2n) is 10.1. The number of H-pyrrole nitrogens is 1. The van der Waals surface area contributed by atoms with Crippen LogP contribution in [0.1, 0.15) is 51.5 Å². The molecule has 0 aliphatic carbocycles. The highest BCUT2D eigenvalue weighted by atomic mass is 16.4. The van der Waals surface area contributed by atoms with E-state index in [9.17, 15) is 29.1 Å². The maximum Gasteiger partial charge on any atom is 0.326 e. The average Bonchev–Trinajstić information content (AvgIpc) is 3.56. The predicted molar refractivity (Wildman–Crippen MR) is 143 cm³/mol. The molecule has 212 valence electrons. The summed E-state index contributed by atoms with van der Waals surface area (Å²) in [6.45, 7) is 3.92. The van der Waals surface area contributed by atoms with Crippen LogP contribution in [-0.4, -0.2) is 80.5 Å². The Labute approximate surface area is 226 Å². The second kappa shape index (κ2) is 13.2. The minimum absolute atomic E-state index is 0.290. The highest BCUT2D eigenvalue weighted by molar-refractivity contribution is 5.95. The molecule has 0 saturated carbocycles. The van der Waals surface area contributed by atoms with Crippen LogP contribution in [0.5, 0.6) is 0 Å². The molecule has 12 heteroatoms. The third-order valence-electron chi connectivity index (χ3n) is 7.33. The Morgan fingerprint density at radius 1 is 1.15 bits per heavy atom. The number of nitrogens with two attached hydrogens (primary N) is 1. The molecule has 5 atom stereocenters. The monoisotopic (exact) mass is 543 g/mol. The van der Waals surface area contributed by atoms with Gasteiger partial charge in [0.05, 0.1) is 6.04 Å². The van der Waals surface area contributed by atoms with Gasteiger partial charge in [-0.25, -0.2) is 4.79 Å². The first-order valence-corrected chi connectivity index (χ1v) is 13.2. The summed E-state index contributed by atoms with van der Waals surface area (Å²) < 4.78 is 0. The van der Waals surface area contributed by atoms with Gasteiger partial charge >= 0.3 is 11.9 Å². The molecule has 1 saturated heterocycles. The van der Waals surface area contributed by atoms with Crippen LogP contribution in [0, 0.1) is 5.92 Å². The lowest BCUT2D eigenvalue weighted by Gasteiger charge is -2.30. The van der Waals surface area contributed by atoms with Crippen LogP contribution in [-0.2, 0) is 30.4 Å². The summed E-state index contributed by atoms with van der Waals surface area (Å²) in [5.74, 6) is -4.49. The molecular formula is C27H37N5O7. The SMILES string of the molecule is CCC(C)C(NC(=O)C1CCCN1C(=O)C(N)Cc1c[nH]c2ccccc12)C(=O)NC(CCC(=O)O)C(=O)O. The number of nitrogens with one attached hydrogen (secondary N) is 3. The molecule has 0 spiro atoms. The highest BCUT2D eigenvalue weighted by Gasteiger charge is 2.39. The lowest BCUT2D eigenvalue weighted by atomic mass is 9.97. The molecule has 1 aromatic carbocycles. The Morgan fingerprint density at radius 3 is 2.54 bits per heavy atom. The number of nitrogens with zero attached hydrogens (tertiary/aromatic N) is 1. The quantitative estimate of drug-likeness (QED) is 0.215. The molecular weight excluding hydrogens is 506 g/mol. The Hall–Kier alpha value is -3.93. The number of aromatic amines is 1. The Bertz CT molecular complexity index is 1210. The zero-order valence-corrected chi connectivity index (χ0v) is 22.2. The number of hydrogen-bond donors (Lipinski definition) is 6. The van der Waals surface area contributed by atoms with Crippen molar-refractivity contribution in [1.82, 2.24) is 20.5 Å². The number of benzene rings is 1. The van der Waals surface area contributed by atoms with Crippen LogP contribution in [0.15, 0.2) is 30.5 Å². The van der Waals surface area contributed by atoms with Gasteiger partial charge in [-0.3, -0.25) is 19.2 Å². The number of carboxylic acids is 2. The third kappa shape index (κ3) is 7.34. The molecule has 7 N–H and O–H groups in total. The number of carbonyl (C=O) groups is 5. The Morgan fingerprint density at radius 2 is 1.87 bits per heavy atom. The van der Waals surface area contributed by atoms with Crippen LogP contribution in [0.2, 0.25) is 0 Å². The van der Waals surface area contributed by atoms with Gasteiger partial charge in [0.1, 0.15) is 18.1 Å². The molecule has 1 aliphatic heterocycles. The first kappa shape index (κ1) is 29.6. The number of amides is 3. The van der Waals surface area contributed by atoms with Crippen LogP contribution < -0.4 is 16.4 Å². The van der Waals surface area contributed by atoms with Crippen LogP contribution in [0.3, 0.4) is 0 Å². The predicted octanol–water partition coefficient (Wildman–Crippen LogP) is 0.994. The molecule has 1 fully saturated rings. The number of carboxylic acid groups (broad SMARTS) is 2. The molecule has 3 amide bonds. The fourth-order valence-corrected chi connectivity index (χ4v) is 4.88. The van der Waals surface area contributed by atoms with Crippen molar-refractivity contribution in [3.05, 3.63) is 36.0 Å². The largest absolute Gasteiger partial charge is 0.481 e. The zero-order chi connectivity index (χ0) is 28.7. The molecule has 1 aliphatic rings. The minimum atomic E-state index is -1.41. The number of hydrogen-bond acceptors (Lipinski definition) is 6. The van der Waals surface area contributed by atoms with E-state index in [0.717, 1.165) is 16.5 Å². The molecule has 39 heavy (non-hydrogen) atoms. The van der Waals surface area contributed by atoms with Crippen molar-refractivity contribution < 1.29 is 34.2 Å². The number of aromatic nitrogens is 1. The number of carbonyl (C=O) groups excluding carboxylic acids is 3. The highest BCUT2D eigenvalue weighted by Crippen LogP contribution is 2.23. The fraction of sp³-hybridized carbons (Fsp3) is 0.519. The molecule has 2 aromatic rings. The molecule has 0 bridgehead atoms. The van der Waals surface area contributed by atoms with E-state index in [4.69, 9.17) is 10.8 Å². The van der Waals surface area contributed by atoms with Crippen LogP contribution in [0.25, 0.3) is 10.9 Å². The number of rotatable bonds is 13. The lowest BCUT2D eigenvalue weighted by Crippen LogP contribution is -2.58. The zero-order valence-electron chi connectivity index (χ0n) is 22.2.